The minimum absolute atomic E-state index is 0.0340. The lowest BCUT2D eigenvalue weighted by atomic mass is 10.1. The average Bonchev–Trinajstić information content (AvgIpc) is 3.05. The highest BCUT2D eigenvalue weighted by Crippen LogP contribution is 2.52. The van der Waals surface area contributed by atoms with Gasteiger partial charge in [-0.1, -0.05) is 13.8 Å². The molecule has 1 N–H and O–H groups in total. The maximum atomic E-state index is 11.7. The quantitative estimate of drug-likeness (QED) is 0.243. The van der Waals surface area contributed by atoms with E-state index in [0.717, 1.165) is 12.2 Å². The van der Waals surface area contributed by atoms with Crippen LogP contribution < -0.4 is 5.56 Å². The molecule has 2 heterocycles. The highest BCUT2D eigenvalue weighted by Gasteiger charge is 2.48. The molecular weight excluding hydrogens is 467 g/mol. The van der Waals surface area contributed by atoms with E-state index in [2.05, 4.69) is 57.3 Å². The van der Waals surface area contributed by atoms with Crippen molar-refractivity contribution in [1.29, 1.82) is 5.26 Å². The molecule has 1 aliphatic rings. The standard InChI is InChI=1S/C21H35N4O4PS2/c1-7-16-18(29-30(27-13-9-11-22)25(14(3)4)15(5)6)19(32-8-2)20(28-16)24-12-10-17(26)23-21(24)31/h10,12,14-16,18-20H,7-9,13H2,1-6H3,(H,23,26,31)/t16-,18+,19?,20-,30?/m1/s1. The summed E-state index contributed by atoms with van der Waals surface area (Å²) < 4.78 is 23.7. The van der Waals surface area contributed by atoms with E-state index >= 15 is 0 Å². The van der Waals surface area contributed by atoms with Crippen LogP contribution in [0.4, 0.5) is 0 Å². The molecule has 0 spiro atoms. The summed E-state index contributed by atoms with van der Waals surface area (Å²) in [4.78, 5) is 14.4. The average molecular weight is 503 g/mol. The molecule has 1 aromatic rings. The first-order chi connectivity index (χ1) is 15.2. The third-order valence-electron chi connectivity index (χ3n) is 5.05. The number of H-pyrrole nitrogens is 1. The smallest absolute Gasteiger partial charge is 0.259 e. The van der Waals surface area contributed by atoms with Gasteiger partial charge < -0.3 is 13.8 Å². The molecule has 0 saturated carbocycles. The Morgan fingerprint density at radius 1 is 1.38 bits per heavy atom. The zero-order valence-electron chi connectivity index (χ0n) is 19.7. The molecule has 8 nitrogen and oxygen atoms in total. The van der Waals surface area contributed by atoms with Crippen molar-refractivity contribution in [3.05, 3.63) is 27.4 Å². The van der Waals surface area contributed by atoms with Crippen molar-refractivity contribution in [2.75, 3.05) is 12.4 Å². The fraction of sp³-hybridized carbons (Fsp3) is 0.762. The molecular formula is C21H35N4O4PS2. The molecule has 180 valence electrons. The van der Waals surface area contributed by atoms with Gasteiger partial charge in [0, 0.05) is 24.3 Å². The molecule has 2 unspecified atom stereocenters. The Hall–Kier alpha value is -0.790. The minimum atomic E-state index is -1.40. The second-order valence-corrected chi connectivity index (χ2v) is 11.3. The van der Waals surface area contributed by atoms with E-state index in [-0.39, 0.29) is 41.3 Å². The van der Waals surface area contributed by atoms with Gasteiger partial charge in [-0.2, -0.15) is 17.0 Å². The Morgan fingerprint density at radius 3 is 2.59 bits per heavy atom. The van der Waals surface area contributed by atoms with E-state index in [1.54, 1.807) is 22.5 Å². The van der Waals surface area contributed by atoms with Crippen molar-refractivity contribution in [2.45, 2.75) is 90.2 Å². The summed E-state index contributed by atoms with van der Waals surface area (Å²) in [6.45, 7) is 13.0. The molecule has 0 radical (unpaired) electrons. The van der Waals surface area contributed by atoms with Crippen LogP contribution in [-0.4, -0.2) is 56.1 Å². The number of nitriles is 1. The number of thioether (sulfide) groups is 1. The van der Waals surface area contributed by atoms with Crippen LogP contribution in [0.3, 0.4) is 0 Å². The van der Waals surface area contributed by atoms with E-state index in [1.165, 1.54) is 6.07 Å². The molecule has 1 fully saturated rings. The molecule has 2 rings (SSSR count). The van der Waals surface area contributed by atoms with Crippen LogP contribution in [0, 0.1) is 16.1 Å². The highest BCUT2D eigenvalue weighted by molar-refractivity contribution is 7.99. The molecule has 32 heavy (non-hydrogen) atoms. The summed E-state index contributed by atoms with van der Waals surface area (Å²) in [5.74, 6) is 0.878. The Labute approximate surface area is 201 Å². The fourth-order valence-electron chi connectivity index (χ4n) is 3.78. The number of nitrogens with one attached hydrogen (secondary N) is 1. The van der Waals surface area contributed by atoms with Crippen LogP contribution in [0.15, 0.2) is 17.1 Å². The predicted octanol–water partition coefficient (Wildman–Crippen LogP) is 5.00. The van der Waals surface area contributed by atoms with Gasteiger partial charge in [-0.3, -0.25) is 14.3 Å². The van der Waals surface area contributed by atoms with Crippen molar-refractivity contribution in [2.24, 2.45) is 0 Å². The predicted molar refractivity (Wildman–Crippen MR) is 132 cm³/mol. The van der Waals surface area contributed by atoms with Gasteiger partial charge in [0.1, 0.15) is 6.10 Å². The second kappa shape index (κ2) is 13.2. The van der Waals surface area contributed by atoms with Gasteiger partial charge in [0.05, 0.1) is 30.5 Å². The van der Waals surface area contributed by atoms with Gasteiger partial charge in [-0.25, -0.2) is 4.67 Å². The maximum Gasteiger partial charge on any atom is 0.259 e. The van der Waals surface area contributed by atoms with E-state index < -0.39 is 8.53 Å². The minimum Gasteiger partial charge on any atom is -0.351 e. The third kappa shape index (κ3) is 6.86. The highest BCUT2D eigenvalue weighted by atomic mass is 32.2. The van der Waals surface area contributed by atoms with Gasteiger partial charge >= 0.3 is 0 Å². The Kier molecular flexibility index (Phi) is 11.3. The van der Waals surface area contributed by atoms with Gasteiger partial charge in [0.15, 0.2) is 11.0 Å². The zero-order chi connectivity index (χ0) is 23.8. The largest absolute Gasteiger partial charge is 0.351 e. The van der Waals surface area contributed by atoms with Crippen molar-refractivity contribution < 1.29 is 13.8 Å². The topological polar surface area (TPSA) is 92.5 Å². The van der Waals surface area contributed by atoms with E-state index in [4.69, 9.17) is 31.3 Å². The van der Waals surface area contributed by atoms with Crippen molar-refractivity contribution in [3.8, 4) is 6.07 Å². The molecule has 0 bridgehead atoms. The number of ether oxygens (including phenoxy) is 1. The van der Waals surface area contributed by atoms with Gasteiger partial charge in [0.2, 0.25) is 0 Å². The molecule has 0 aliphatic carbocycles. The first kappa shape index (κ1) is 27.5. The molecule has 11 heteroatoms. The first-order valence-electron chi connectivity index (χ1n) is 11.1. The summed E-state index contributed by atoms with van der Waals surface area (Å²) in [6, 6.07) is 4.03. The van der Waals surface area contributed by atoms with Crippen molar-refractivity contribution in [1.82, 2.24) is 14.2 Å². The normalized spacial score (nSPS) is 24.4. The van der Waals surface area contributed by atoms with Gasteiger partial charge in [-0.15, -0.1) is 0 Å². The van der Waals surface area contributed by atoms with Crippen LogP contribution in [0.5, 0.6) is 0 Å². The molecule has 0 aromatic carbocycles. The number of hydrogen-bond acceptors (Lipinski definition) is 8. The van der Waals surface area contributed by atoms with Crippen LogP contribution in [0.1, 0.15) is 60.6 Å². The number of rotatable bonds is 12. The number of nitrogens with zero attached hydrogens (tertiary/aromatic N) is 3. The Morgan fingerprint density at radius 2 is 2.06 bits per heavy atom. The summed E-state index contributed by atoms with van der Waals surface area (Å²) in [7, 11) is -1.40. The molecule has 1 aromatic heterocycles. The van der Waals surface area contributed by atoms with E-state index in [0.29, 0.717) is 17.8 Å². The summed E-state index contributed by atoms with van der Waals surface area (Å²) >= 11 is 7.17. The number of hydrogen-bond donors (Lipinski definition) is 1. The zero-order valence-corrected chi connectivity index (χ0v) is 22.2. The lowest BCUT2D eigenvalue weighted by Crippen LogP contribution is -2.38. The number of aromatic amines is 1. The second-order valence-electron chi connectivity index (χ2n) is 8.03. The SMILES string of the molecule is CCSC1[C@@H](OP(OCCC#N)N(C(C)C)C(C)C)[C@@H](CC)O[C@H]1n1ccc(=O)[nH]c1=S. The van der Waals surface area contributed by atoms with Gasteiger partial charge in [-0.05, 0) is 52.1 Å². The van der Waals surface area contributed by atoms with Crippen LogP contribution in [0.2, 0.25) is 0 Å². The van der Waals surface area contributed by atoms with Crippen molar-refractivity contribution >= 4 is 32.5 Å². The summed E-state index contributed by atoms with van der Waals surface area (Å²) in [6.07, 6.45) is 2.03. The van der Waals surface area contributed by atoms with Crippen molar-refractivity contribution in [3.63, 3.8) is 0 Å². The molecule has 1 aliphatic heterocycles. The van der Waals surface area contributed by atoms with Crippen LogP contribution in [0.25, 0.3) is 0 Å². The monoisotopic (exact) mass is 502 g/mol. The lowest BCUT2D eigenvalue weighted by molar-refractivity contribution is -0.0189. The molecule has 0 amide bonds. The molecule has 5 atom stereocenters. The van der Waals surface area contributed by atoms with Crippen LogP contribution in [-0.2, 0) is 13.8 Å². The maximum absolute atomic E-state index is 11.7. The summed E-state index contributed by atoms with van der Waals surface area (Å²) in [5, 5.41) is 8.95. The first-order valence-corrected chi connectivity index (χ1v) is 13.7. The third-order valence-corrected chi connectivity index (χ3v) is 8.71. The molecule has 1 saturated heterocycles. The van der Waals surface area contributed by atoms with E-state index in [1.807, 2.05) is 0 Å². The summed E-state index contributed by atoms with van der Waals surface area (Å²) in [5.41, 5.74) is -0.234. The fourth-order valence-corrected chi connectivity index (χ4v) is 7.08. The van der Waals surface area contributed by atoms with E-state index in [9.17, 15) is 4.79 Å². The van der Waals surface area contributed by atoms with Gasteiger partial charge in [0.25, 0.3) is 14.1 Å². The van der Waals surface area contributed by atoms with Crippen LogP contribution >= 0.6 is 32.5 Å². The lowest BCUT2D eigenvalue weighted by Gasteiger charge is -2.38. The Bertz CT molecular complexity index is 864. The Balaban J connectivity index is 2.39. The number of aromatic nitrogens is 2.